The van der Waals surface area contributed by atoms with Crippen LogP contribution in [0.1, 0.15) is 45.4 Å². The van der Waals surface area contributed by atoms with Crippen LogP contribution < -0.4 is 0 Å². The molecule has 3 atom stereocenters. The molecular weight excluding hydrogens is 136 g/mol. The minimum Gasteiger partial charge on any atom is -0.393 e. The van der Waals surface area contributed by atoms with E-state index in [9.17, 15) is 5.11 Å². The first-order valence-electron chi connectivity index (χ1n) is 4.91. The van der Waals surface area contributed by atoms with E-state index >= 15 is 0 Å². The van der Waals surface area contributed by atoms with E-state index in [-0.39, 0.29) is 6.10 Å². The lowest BCUT2D eigenvalue weighted by molar-refractivity contribution is 0.0138. The number of fused-ring (bicyclic) bond motifs is 1. The Kier molecular flexibility index (Phi) is 1.71. The van der Waals surface area contributed by atoms with Crippen LogP contribution in [0.2, 0.25) is 0 Å². The summed E-state index contributed by atoms with van der Waals surface area (Å²) in [4.78, 5) is 0. The molecule has 2 fully saturated rings. The maximum absolute atomic E-state index is 9.78. The summed E-state index contributed by atoms with van der Waals surface area (Å²) in [5, 5.41) is 9.78. The normalized spacial score (nSPS) is 50.7. The van der Waals surface area contributed by atoms with Gasteiger partial charge in [-0.25, -0.2) is 0 Å². The topological polar surface area (TPSA) is 20.2 Å². The molecule has 0 saturated heterocycles. The van der Waals surface area contributed by atoms with E-state index in [4.69, 9.17) is 0 Å². The van der Waals surface area contributed by atoms with Gasteiger partial charge >= 0.3 is 0 Å². The summed E-state index contributed by atoms with van der Waals surface area (Å²) in [6.45, 7) is 2.29. The number of aliphatic hydroxyl groups is 1. The van der Waals surface area contributed by atoms with Crippen LogP contribution in [-0.4, -0.2) is 11.2 Å². The maximum atomic E-state index is 9.78. The second-order valence-electron chi connectivity index (χ2n) is 4.54. The third-order valence-electron chi connectivity index (χ3n) is 4.00. The lowest BCUT2D eigenvalue weighted by atomic mass is 9.69. The molecule has 0 radical (unpaired) electrons. The van der Waals surface area contributed by atoms with Crippen molar-refractivity contribution in [3.63, 3.8) is 0 Å². The highest BCUT2D eigenvalue weighted by Gasteiger charge is 2.46. The number of hydrogen-bond donors (Lipinski definition) is 1. The molecule has 2 aliphatic rings. The van der Waals surface area contributed by atoms with Gasteiger partial charge in [0.05, 0.1) is 6.10 Å². The second-order valence-corrected chi connectivity index (χ2v) is 4.54. The Balaban J connectivity index is 2.16. The van der Waals surface area contributed by atoms with E-state index in [1.165, 1.54) is 32.1 Å². The first-order valence-corrected chi connectivity index (χ1v) is 4.91. The predicted molar refractivity (Wildman–Crippen MR) is 45.3 cm³/mol. The molecule has 0 heterocycles. The molecule has 1 N–H and O–H groups in total. The molecule has 64 valence electrons. The Morgan fingerprint density at radius 1 is 1.18 bits per heavy atom. The Bertz CT molecular complexity index is 153. The third-order valence-corrected chi connectivity index (χ3v) is 4.00. The summed E-state index contributed by atoms with van der Waals surface area (Å²) in [6, 6.07) is 0. The quantitative estimate of drug-likeness (QED) is 0.568. The summed E-state index contributed by atoms with van der Waals surface area (Å²) in [7, 11) is 0. The molecule has 0 spiro atoms. The van der Waals surface area contributed by atoms with E-state index in [1.807, 2.05) is 0 Å². The zero-order valence-corrected chi connectivity index (χ0v) is 7.34. The highest BCUT2D eigenvalue weighted by molar-refractivity contribution is 4.96. The van der Waals surface area contributed by atoms with Crippen molar-refractivity contribution in [3.8, 4) is 0 Å². The molecular formula is C10H18O. The molecule has 2 aliphatic carbocycles. The molecule has 0 aliphatic heterocycles. The molecule has 2 saturated carbocycles. The van der Waals surface area contributed by atoms with Crippen LogP contribution in [0.25, 0.3) is 0 Å². The van der Waals surface area contributed by atoms with Gasteiger partial charge in [-0.3, -0.25) is 0 Å². The number of rotatable bonds is 0. The van der Waals surface area contributed by atoms with Gasteiger partial charge < -0.3 is 5.11 Å². The van der Waals surface area contributed by atoms with Crippen LogP contribution in [-0.2, 0) is 0 Å². The van der Waals surface area contributed by atoms with Crippen molar-refractivity contribution in [2.24, 2.45) is 11.3 Å². The van der Waals surface area contributed by atoms with Crippen LogP contribution in [0.3, 0.4) is 0 Å². The van der Waals surface area contributed by atoms with Gasteiger partial charge in [0.15, 0.2) is 0 Å². The van der Waals surface area contributed by atoms with Gasteiger partial charge in [-0.05, 0) is 37.0 Å². The molecule has 1 heteroatoms. The fourth-order valence-corrected chi connectivity index (χ4v) is 3.03. The fourth-order valence-electron chi connectivity index (χ4n) is 3.03. The van der Waals surface area contributed by atoms with Crippen LogP contribution in [0.15, 0.2) is 0 Å². The standard InChI is InChI=1S/C10H18O/c1-10-7-3-2-4-8(10)5-6-9(10)11/h8-9,11H,2-7H2,1H3/t8-,9-,10-/m0/s1. The van der Waals surface area contributed by atoms with Crippen molar-refractivity contribution in [2.45, 2.75) is 51.6 Å². The largest absolute Gasteiger partial charge is 0.393 e. The van der Waals surface area contributed by atoms with Gasteiger partial charge in [-0.15, -0.1) is 0 Å². The molecule has 0 aromatic heterocycles. The van der Waals surface area contributed by atoms with Crippen LogP contribution in [0.5, 0.6) is 0 Å². The van der Waals surface area contributed by atoms with E-state index in [2.05, 4.69) is 6.92 Å². The van der Waals surface area contributed by atoms with Gasteiger partial charge in [-0.1, -0.05) is 19.8 Å². The number of hydrogen-bond acceptors (Lipinski definition) is 1. The smallest absolute Gasteiger partial charge is 0.0596 e. The van der Waals surface area contributed by atoms with E-state index in [0.29, 0.717) is 5.41 Å². The lowest BCUT2D eigenvalue weighted by Crippen LogP contribution is -2.34. The molecule has 0 bridgehead atoms. The van der Waals surface area contributed by atoms with Crippen molar-refractivity contribution in [2.75, 3.05) is 0 Å². The lowest BCUT2D eigenvalue weighted by Gasteiger charge is -2.38. The zero-order chi connectivity index (χ0) is 7.90. The van der Waals surface area contributed by atoms with Gasteiger partial charge in [0.2, 0.25) is 0 Å². The van der Waals surface area contributed by atoms with E-state index < -0.39 is 0 Å². The summed E-state index contributed by atoms with van der Waals surface area (Å²) in [5.74, 6) is 0.839. The Hall–Kier alpha value is -0.0400. The average Bonchev–Trinajstić information content (AvgIpc) is 2.29. The van der Waals surface area contributed by atoms with Crippen molar-refractivity contribution < 1.29 is 5.11 Å². The second kappa shape index (κ2) is 2.48. The van der Waals surface area contributed by atoms with Crippen LogP contribution in [0, 0.1) is 11.3 Å². The summed E-state index contributed by atoms with van der Waals surface area (Å²) >= 11 is 0. The summed E-state index contributed by atoms with van der Waals surface area (Å²) in [5.41, 5.74) is 0.304. The average molecular weight is 154 g/mol. The summed E-state index contributed by atoms with van der Waals surface area (Å²) < 4.78 is 0. The highest BCUT2D eigenvalue weighted by Crippen LogP contribution is 2.51. The molecule has 0 aromatic carbocycles. The van der Waals surface area contributed by atoms with Gasteiger partial charge in [-0.2, -0.15) is 0 Å². The first-order chi connectivity index (χ1) is 5.23. The van der Waals surface area contributed by atoms with Gasteiger partial charge in [0.1, 0.15) is 0 Å². The first kappa shape index (κ1) is 7.60. The SMILES string of the molecule is C[C@]12CCCC[C@H]1CC[C@@H]2O. The van der Waals surface area contributed by atoms with Crippen LogP contribution in [0.4, 0.5) is 0 Å². The van der Waals surface area contributed by atoms with E-state index in [0.717, 1.165) is 12.3 Å². The molecule has 0 aromatic rings. The predicted octanol–water partition coefficient (Wildman–Crippen LogP) is 2.34. The van der Waals surface area contributed by atoms with Crippen LogP contribution >= 0.6 is 0 Å². The van der Waals surface area contributed by atoms with Crippen molar-refractivity contribution in [3.05, 3.63) is 0 Å². The zero-order valence-electron chi connectivity index (χ0n) is 7.34. The fraction of sp³-hybridized carbons (Fsp3) is 1.00. The maximum Gasteiger partial charge on any atom is 0.0596 e. The highest BCUT2D eigenvalue weighted by atomic mass is 16.3. The van der Waals surface area contributed by atoms with Crippen molar-refractivity contribution in [1.29, 1.82) is 0 Å². The Morgan fingerprint density at radius 3 is 2.73 bits per heavy atom. The molecule has 0 amide bonds. The number of aliphatic hydroxyl groups excluding tert-OH is 1. The third kappa shape index (κ3) is 1.01. The monoisotopic (exact) mass is 154 g/mol. The van der Waals surface area contributed by atoms with Gasteiger partial charge in [0, 0.05) is 0 Å². The summed E-state index contributed by atoms with van der Waals surface area (Å²) in [6.07, 6.45) is 7.70. The Labute approximate surface area is 68.8 Å². The van der Waals surface area contributed by atoms with E-state index in [1.54, 1.807) is 0 Å². The minimum atomic E-state index is 0.00722. The molecule has 2 rings (SSSR count). The molecule has 11 heavy (non-hydrogen) atoms. The van der Waals surface area contributed by atoms with Crippen molar-refractivity contribution in [1.82, 2.24) is 0 Å². The molecule has 0 unspecified atom stereocenters. The molecule has 1 nitrogen and oxygen atoms in total. The van der Waals surface area contributed by atoms with Gasteiger partial charge in [0.25, 0.3) is 0 Å². The van der Waals surface area contributed by atoms with Crippen molar-refractivity contribution >= 4 is 0 Å². The minimum absolute atomic E-state index is 0.00722. The Morgan fingerprint density at radius 2 is 2.00 bits per heavy atom.